The lowest BCUT2D eigenvalue weighted by Gasteiger charge is -2.30. The minimum Gasteiger partial charge on any atom is -0.496 e. The maximum absolute atomic E-state index is 12.0. The Morgan fingerprint density at radius 1 is 1.35 bits per heavy atom. The number of halogens is 1. The van der Waals surface area contributed by atoms with E-state index in [9.17, 15) is 9.90 Å². The third-order valence-electron chi connectivity index (χ3n) is 4.29. The molecule has 0 aromatic heterocycles. The minimum atomic E-state index is -0.753. The molecule has 1 aromatic rings. The van der Waals surface area contributed by atoms with Crippen LogP contribution in [0.4, 0.5) is 0 Å². The smallest absolute Gasteiger partial charge is 0.314 e. The summed E-state index contributed by atoms with van der Waals surface area (Å²) in [7, 11) is 1.64. The molecule has 0 unspecified atom stereocenters. The second-order valence-electron chi connectivity index (χ2n) is 5.82. The first-order valence-corrected chi connectivity index (χ1v) is 7.83. The van der Waals surface area contributed by atoms with Crippen LogP contribution in [0, 0.1) is 0 Å². The molecule has 2 rings (SSSR count). The summed E-state index contributed by atoms with van der Waals surface area (Å²) in [5, 5.41) is 9.82. The van der Waals surface area contributed by atoms with E-state index in [1.165, 1.54) is 0 Å². The van der Waals surface area contributed by atoms with Gasteiger partial charge < -0.3 is 9.84 Å². The third kappa shape index (κ3) is 2.46. The van der Waals surface area contributed by atoms with Crippen LogP contribution in [0.25, 0.3) is 0 Å². The average molecular weight is 341 g/mol. The molecule has 0 aliphatic heterocycles. The maximum atomic E-state index is 12.0. The molecule has 0 amide bonds. The van der Waals surface area contributed by atoms with Crippen LogP contribution < -0.4 is 4.74 Å². The normalized spacial score (nSPS) is 17.4. The number of rotatable bonds is 4. The summed E-state index contributed by atoms with van der Waals surface area (Å²) in [6.45, 7) is 4.17. The Kier molecular flexibility index (Phi) is 4.43. The van der Waals surface area contributed by atoms with Crippen molar-refractivity contribution >= 4 is 21.9 Å². The Morgan fingerprint density at radius 3 is 2.40 bits per heavy atom. The van der Waals surface area contributed by atoms with E-state index in [2.05, 4.69) is 29.8 Å². The van der Waals surface area contributed by atoms with Crippen LogP contribution in [-0.2, 0) is 10.2 Å². The number of carbonyl (C=O) groups is 1. The molecule has 1 aliphatic rings. The number of methoxy groups -OCH3 is 1. The van der Waals surface area contributed by atoms with Crippen molar-refractivity contribution in [3.8, 4) is 5.75 Å². The van der Waals surface area contributed by atoms with E-state index in [4.69, 9.17) is 4.74 Å². The van der Waals surface area contributed by atoms with E-state index in [-0.39, 0.29) is 5.92 Å². The van der Waals surface area contributed by atoms with Gasteiger partial charge in [-0.2, -0.15) is 0 Å². The minimum absolute atomic E-state index is 0.227. The molecule has 0 heterocycles. The number of aliphatic carboxylic acids is 1. The van der Waals surface area contributed by atoms with Gasteiger partial charge in [-0.05, 0) is 36.5 Å². The molecule has 1 N–H and O–H groups in total. The summed E-state index contributed by atoms with van der Waals surface area (Å²) in [5.41, 5.74) is 1.19. The topological polar surface area (TPSA) is 46.5 Å². The number of carboxylic acid groups (broad SMARTS) is 1. The van der Waals surface area contributed by atoms with Crippen LogP contribution in [0.1, 0.15) is 56.6 Å². The average Bonchev–Trinajstić information content (AvgIpc) is 2.87. The van der Waals surface area contributed by atoms with Crippen LogP contribution in [0.3, 0.4) is 0 Å². The Bertz CT molecular complexity index is 517. The van der Waals surface area contributed by atoms with Gasteiger partial charge in [0.15, 0.2) is 0 Å². The second kappa shape index (κ2) is 5.76. The van der Waals surface area contributed by atoms with Gasteiger partial charge in [0.1, 0.15) is 5.75 Å². The van der Waals surface area contributed by atoms with Gasteiger partial charge in [-0.1, -0.05) is 42.6 Å². The fourth-order valence-electron chi connectivity index (χ4n) is 3.33. The molecule has 0 radical (unpaired) electrons. The molecule has 1 saturated carbocycles. The number of carboxylic acids is 1. The van der Waals surface area contributed by atoms with Crippen molar-refractivity contribution in [2.45, 2.75) is 50.9 Å². The van der Waals surface area contributed by atoms with E-state index in [0.717, 1.165) is 34.2 Å². The Labute approximate surface area is 128 Å². The highest BCUT2D eigenvalue weighted by atomic mass is 79.9. The standard InChI is InChI=1S/C16H21BrO3/c1-10(2)14-12(8-11(17)9-13(14)20-3)16(15(18)19)6-4-5-7-16/h8-10H,4-7H2,1-3H3,(H,18,19). The quantitative estimate of drug-likeness (QED) is 0.878. The van der Waals surface area contributed by atoms with Crippen LogP contribution >= 0.6 is 15.9 Å². The van der Waals surface area contributed by atoms with E-state index in [1.807, 2.05) is 12.1 Å². The zero-order valence-corrected chi connectivity index (χ0v) is 13.8. The highest BCUT2D eigenvalue weighted by Gasteiger charge is 2.45. The molecule has 0 bridgehead atoms. The summed E-state index contributed by atoms with van der Waals surface area (Å²) >= 11 is 3.48. The fourth-order valence-corrected chi connectivity index (χ4v) is 3.77. The molecule has 3 nitrogen and oxygen atoms in total. The predicted molar refractivity (Wildman–Crippen MR) is 82.6 cm³/mol. The van der Waals surface area contributed by atoms with Gasteiger partial charge >= 0.3 is 5.97 Å². The first kappa shape index (κ1) is 15.4. The number of ether oxygens (including phenoxy) is 1. The maximum Gasteiger partial charge on any atom is 0.314 e. The van der Waals surface area contributed by atoms with Crippen LogP contribution in [0.5, 0.6) is 5.75 Å². The Morgan fingerprint density at radius 2 is 1.95 bits per heavy atom. The predicted octanol–water partition coefficient (Wildman–Crippen LogP) is 4.48. The van der Waals surface area contributed by atoms with Gasteiger partial charge in [-0.15, -0.1) is 0 Å². The van der Waals surface area contributed by atoms with Gasteiger partial charge in [0.25, 0.3) is 0 Å². The van der Waals surface area contributed by atoms with Crippen LogP contribution in [0.15, 0.2) is 16.6 Å². The molecule has 0 saturated heterocycles. The largest absolute Gasteiger partial charge is 0.496 e. The lowest BCUT2D eigenvalue weighted by atomic mass is 9.74. The van der Waals surface area contributed by atoms with Gasteiger partial charge in [0.05, 0.1) is 12.5 Å². The molecule has 20 heavy (non-hydrogen) atoms. The van der Waals surface area contributed by atoms with Crippen molar-refractivity contribution in [3.63, 3.8) is 0 Å². The van der Waals surface area contributed by atoms with Gasteiger partial charge in [-0.3, -0.25) is 4.79 Å². The Hall–Kier alpha value is -1.03. The van der Waals surface area contributed by atoms with Crippen molar-refractivity contribution in [1.82, 2.24) is 0 Å². The first-order valence-electron chi connectivity index (χ1n) is 7.03. The summed E-state index contributed by atoms with van der Waals surface area (Å²) in [5.74, 6) is 0.291. The SMILES string of the molecule is COc1cc(Br)cc(C2(C(=O)O)CCCC2)c1C(C)C. The summed E-state index contributed by atoms with van der Waals surface area (Å²) < 4.78 is 6.37. The van der Waals surface area contributed by atoms with E-state index in [1.54, 1.807) is 7.11 Å². The number of hydrogen-bond donors (Lipinski definition) is 1. The highest BCUT2D eigenvalue weighted by Crippen LogP contribution is 2.47. The molecule has 4 heteroatoms. The monoisotopic (exact) mass is 340 g/mol. The van der Waals surface area contributed by atoms with Gasteiger partial charge in [0.2, 0.25) is 0 Å². The van der Waals surface area contributed by atoms with Crippen LogP contribution in [0.2, 0.25) is 0 Å². The van der Waals surface area contributed by atoms with Crippen molar-refractivity contribution in [3.05, 3.63) is 27.7 Å². The summed E-state index contributed by atoms with van der Waals surface area (Å²) in [4.78, 5) is 12.0. The summed E-state index contributed by atoms with van der Waals surface area (Å²) in [6.07, 6.45) is 3.36. The fraction of sp³-hybridized carbons (Fsp3) is 0.562. The van der Waals surface area contributed by atoms with E-state index >= 15 is 0 Å². The van der Waals surface area contributed by atoms with Gasteiger partial charge in [-0.25, -0.2) is 0 Å². The van der Waals surface area contributed by atoms with Crippen molar-refractivity contribution in [2.24, 2.45) is 0 Å². The molecule has 110 valence electrons. The molecular weight excluding hydrogens is 320 g/mol. The molecular formula is C16H21BrO3. The molecule has 0 atom stereocenters. The van der Waals surface area contributed by atoms with Crippen LogP contribution in [-0.4, -0.2) is 18.2 Å². The second-order valence-corrected chi connectivity index (χ2v) is 6.73. The number of benzene rings is 1. The zero-order valence-electron chi connectivity index (χ0n) is 12.2. The van der Waals surface area contributed by atoms with Crippen molar-refractivity contribution < 1.29 is 14.6 Å². The molecule has 0 spiro atoms. The summed E-state index contributed by atoms with van der Waals surface area (Å²) in [6, 6.07) is 3.89. The lowest BCUT2D eigenvalue weighted by Crippen LogP contribution is -2.34. The third-order valence-corrected chi connectivity index (χ3v) is 4.74. The molecule has 1 aliphatic carbocycles. The van der Waals surface area contributed by atoms with E-state index < -0.39 is 11.4 Å². The van der Waals surface area contributed by atoms with E-state index in [0.29, 0.717) is 12.8 Å². The highest BCUT2D eigenvalue weighted by molar-refractivity contribution is 9.10. The van der Waals surface area contributed by atoms with Gasteiger partial charge in [0, 0.05) is 10.0 Å². The van der Waals surface area contributed by atoms with Crippen molar-refractivity contribution in [1.29, 1.82) is 0 Å². The van der Waals surface area contributed by atoms with Crippen molar-refractivity contribution in [2.75, 3.05) is 7.11 Å². The molecule has 1 aromatic carbocycles. The first-order chi connectivity index (χ1) is 9.42. The lowest BCUT2D eigenvalue weighted by molar-refractivity contribution is -0.143. The zero-order chi connectivity index (χ0) is 14.9. The molecule has 1 fully saturated rings. The number of hydrogen-bond acceptors (Lipinski definition) is 2. The Balaban J connectivity index is 2.71.